The van der Waals surface area contributed by atoms with E-state index in [-0.39, 0.29) is 12.0 Å². The first-order valence-electron chi connectivity index (χ1n) is 9.34. The van der Waals surface area contributed by atoms with E-state index in [1.807, 2.05) is 6.08 Å². The number of benzene rings is 1. The monoisotopic (exact) mass is 388 g/mol. The Morgan fingerprint density at radius 2 is 2.12 bits per heavy atom. The number of amides is 1. The molecule has 3 aliphatic rings. The molecule has 26 heavy (non-hydrogen) atoms. The average Bonchev–Trinajstić information content (AvgIpc) is 3.37. The summed E-state index contributed by atoms with van der Waals surface area (Å²) in [4.78, 5) is 17.6. The van der Waals surface area contributed by atoms with Crippen LogP contribution in [0.2, 0.25) is 0 Å². The van der Waals surface area contributed by atoms with Crippen molar-refractivity contribution in [3.8, 4) is 0 Å². The molecular formula is C20H24N2O2S2. The standard InChI is InChI=1S/C20H24N2O2S2/c1-14-11-16(21-8-2-3-9-21)7-6-15(14)12-18-19(23)22(20(25)26-18)13-17-5-4-10-24-17/h6-7,11-12,17H,2-5,8-10,13H2,1H3/b18-12-. The van der Waals surface area contributed by atoms with Gasteiger partial charge < -0.3 is 9.64 Å². The summed E-state index contributed by atoms with van der Waals surface area (Å²) < 4.78 is 6.30. The van der Waals surface area contributed by atoms with Crippen LogP contribution in [0, 0.1) is 6.92 Å². The molecule has 3 aliphatic heterocycles. The molecule has 1 aromatic rings. The van der Waals surface area contributed by atoms with Gasteiger partial charge in [0.15, 0.2) is 0 Å². The molecule has 138 valence electrons. The van der Waals surface area contributed by atoms with E-state index >= 15 is 0 Å². The van der Waals surface area contributed by atoms with Crippen molar-refractivity contribution in [2.24, 2.45) is 0 Å². The molecule has 1 atom stereocenters. The fourth-order valence-electron chi connectivity index (χ4n) is 3.78. The third-order valence-electron chi connectivity index (χ3n) is 5.29. The molecule has 1 unspecified atom stereocenters. The number of thiocarbonyl (C=S) groups is 1. The summed E-state index contributed by atoms with van der Waals surface area (Å²) in [6.07, 6.45) is 6.73. The molecule has 0 aliphatic carbocycles. The lowest BCUT2D eigenvalue weighted by Gasteiger charge is -2.19. The largest absolute Gasteiger partial charge is 0.376 e. The summed E-state index contributed by atoms with van der Waals surface area (Å²) in [5.74, 6) is 0.0125. The molecule has 3 saturated heterocycles. The van der Waals surface area contributed by atoms with Crippen LogP contribution in [0.25, 0.3) is 6.08 Å². The minimum Gasteiger partial charge on any atom is -0.376 e. The van der Waals surface area contributed by atoms with Crippen LogP contribution in [0.1, 0.15) is 36.8 Å². The van der Waals surface area contributed by atoms with Gasteiger partial charge in [-0.3, -0.25) is 9.69 Å². The summed E-state index contributed by atoms with van der Waals surface area (Å²) in [6, 6.07) is 6.51. The van der Waals surface area contributed by atoms with E-state index in [1.54, 1.807) is 4.90 Å². The minimum absolute atomic E-state index is 0.0125. The molecule has 0 aromatic heterocycles. The fraction of sp³-hybridized carbons (Fsp3) is 0.500. The Morgan fingerprint density at radius 3 is 2.81 bits per heavy atom. The summed E-state index contributed by atoms with van der Waals surface area (Å²) in [6.45, 7) is 5.76. The highest BCUT2D eigenvalue weighted by atomic mass is 32.2. The van der Waals surface area contributed by atoms with Crippen LogP contribution in [0.4, 0.5) is 5.69 Å². The molecule has 0 N–H and O–H groups in total. The zero-order valence-corrected chi connectivity index (χ0v) is 16.7. The second-order valence-corrected chi connectivity index (χ2v) is 8.84. The summed E-state index contributed by atoms with van der Waals surface area (Å²) in [7, 11) is 0. The quantitative estimate of drug-likeness (QED) is 0.576. The van der Waals surface area contributed by atoms with Gasteiger partial charge in [-0.05, 0) is 61.9 Å². The molecule has 0 radical (unpaired) electrons. The van der Waals surface area contributed by atoms with Crippen molar-refractivity contribution in [1.82, 2.24) is 4.90 Å². The van der Waals surface area contributed by atoms with Crippen LogP contribution in [0.5, 0.6) is 0 Å². The zero-order valence-electron chi connectivity index (χ0n) is 15.1. The predicted molar refractivity (Wildman–Crippen MR) is 111 cm³/mol. The third kappa shape index (κ3) is 3.68. The molecule has 4 rings (SSSR count). The molecule has 6 heteroatoms. The SMILES string of the molecule is Cc1cc(N2CCCC2)ccc1/C=C1\SC(=S)N(CC2CCCO2)C1=O. The number of thioether (sulfide) groups is 1. The minimum atomic E-state index is 0.0125. The van der Waals surface area contributed by atoms with Gasteiger partial charge in [0.1, 0.15) is 4.32 Å². The van der Waals surface area contributed by atoms with Gasteiger partial charge in [0.2, 0.25) is 0 Å². The van der Waals surface area contributed by atoms with Crippen LogP contribution in [-0.2, 0) is 9.53 Å². The Kier molecular flexibility index (Phi) is 5.34. The first-order valence-corrected chi connectivity index (χ1v) is 10.6. The second-order valence-electron chi connectivity index (χ2n) is 7.16. The first kappa shape index (κ1) is 18.0. The Morgan fingerprint density at radius 1 is 1.31 bits per heavy atom. The van der Waals surface area contributed by atoms with Crippen molar-refractivity contribution in [3.05, 3.63) is 34.2 Å². The Hall–Kier alpha value is -1.37. The number of aryl methyl sites for hydroxylation is 1. The fourth-order valence-corrected chi connectivity index (χ4v) is 5.05. The Labute approximate surface area is 164 Å². The molecular weight excluding hydrogens is 364 g/mol. The lowest BCUT2D eigenvalue weighted by atomic mass is 10.1. The number of nitrogens with zero attached hydrogens (tertiary/aromatic N) is 2. The summed E-state index contributed by atoms with van der Waals surface area (Å²) in [5.41, 5.74) is 3.56. The molecule has 0 spiro atoms. The molecule has 3 heterocycles. The lowest BCUT2D eigenvalue weighted by molar-refractivity contribution is -0.123. The Bertz CT molecular complexity index is 750. The van der Waals surface area contributed by atoms with Crippen LogP contribution >= 0.6 is 24.0 Å². The number of rotatable bonds is 4. The summed E-state index contributed by atoms with van der Waals surface area (Å²) in [5, 5.41) is 0. The van der Waals surface area contributed by atoms with Crippen molar-refractivity contribution in [2.45, 2.75) is 38.7 Å². The van der Waals surface area contributed by atoms with Crippen molar-refractivity contribution >= 4 is 46.0 Å². The van der Waals surface area contributed by atoms with Crippen LogP contribution in [-0.4, -0.2) is 47.5 Å². The van der Waals surface area contributed by atoms with Gasteiger partial charge in [-0.2, -0.15) is 0 Å². The van der Waals surface area contributed by atoms with Crippen molar-refractivity contribution in [2.75, 3.05) is 31.1 Å². The van der Waals surface area contributed by atoms with Crippen molar-refractivity contribution in [1.29, 1.82) is 0 Å². The number of anilines is 1. The van der Waals surface area contributed by atoms with Crippen molar-refractivity contribution in [3.63, 3.8) is 0 Å². The van der Waals surface area contributed by atoms with Gasteiger partial charge in [-0.1, -0.05) is 30.0 Å². The number of hydrogen-bond donors (Lipinski definition) is 0. The van der Waals surface area contributed by atoms with Crippen LogP contribution < -0.4 is 4.90 Å². The van der Waals surface area contributed by atoms with E-state index in [2.05, 4.69) is 30.0 Å². The van der Waals surface area contributed by atoms with Gasteiger partial charge in [-0.15, -0.1) is 0 Å². The first-order chi connectivity index (χ1) is 12.6. The molecule has 4 nitrogen and oxygen atoms in total. The topological polar surface area (TPSA) is 32.8 Å². The maximum absolute atomic E-state index is 12.8. The van der Waals surface area contributed by atoms with Gasteiger partial charge in [0, 0.05) is 25.4 Å². The normalized spacial score (nSPS) is 25.1. The molecule has 0 saturated carbocycles. The van der Waals surface area contributed by atoms with E-state index in [0.717, 1.165) is 38.1 Å². The molecule has 1 amide bonds. The highest BCUT2D eigenvalue weighted by molar-refractivity contribution is 8.26. The van der Waals surface area contributed by atoms with Gasteiger partial charge in [-0.25, -0.2) is 0 Å². The van der Waals surface area contributed by atoms with E-state index in [0.29, 0.717) is 15.8 Å². The lowest BCUT2D eigenvalue weighted by Crippen LogP contribution is -2.35. The van der Waals surface area contributed by atoms with E-state index < -0.39 is 0 Å². The average molecular weight is 389 g/mol. The van der Waals surface area contributed by atoms with Crippen molar-refractivity contribution < 1.29 is 9.53 Å². The molecule has 3 fully saturated rings. The van der Waals surface area contributed by atoms with Gasteiger partial charge in [0.05, 0.1) is 17.6 Å². The zero-order chi connectivity index (χ0) is 18.1. The third-order valence-corrected chi connectivity index (χ3v) is 6.67. The highest BCUT2D eigenvalue weighted by Crippen LogP contribution is 2.34. The molecule has 1 aromatic carbocycles. The number of carbonyl (C=O) groups is 1. The summed E-state index contributed by atoms with van der Waals surface area (Å²) >= 11 is 6.84. The van der Waals surface area contributed by atoms with Crippen LogP contribution in [0.3, 0.4) is 0 Å². The van der Waals surface area contributed by atoms with Gasteiger partial charge >= 0.3 is 0 Å². The Balaban J connectivity index is 1.50. The number of carbonyl (C=O) groups excluding carboxylic acids is 1. The van der Waals surface area contributed by atoms with Gasteiger partial charge in [0.25, 0.3) is 5.91 Å². The van der Waals surface area contributed by atoms with E-state index in [9.17, 15) is 4.79 Å². The van der Waals surface area contributed by atoms with Crippen LogP contribution in [0.15, 0.2) is 23.1 Å². The van der Waals surface area contributed by atoms with E-state index in [4.69, 9.17) is 17.0 Å². The van der Waals surface area contributed by atoms with E-state index in [1.165, 1.54) is 35.9 Å². The maximum Gasteiger partial charge on any atom is 0.266 e. The highest BCUT2D eigenvalue weighted by Gasteiger charge is 2.34. The predicted octanol–water partition coefficient (Wildman–Crippen LogP) is 3.98. The smallest absolute Gasteiger partial charge is 0.266 e. The molecule has 0 bridgehead atoms. The number of hydrogen-bond acceptors (Lipinski definition) is 5. The number of ether oxygens (including phenoxy) is 1. The maximum atomic E-state index is 12.8. The second kappa shape index (κ2) is 7.71.